The third kappa shape index (κ3) is 3.69. The highest BCUT2D eigenvalue weighted by Crippen LogP contribution is 2.35. The van der Waals surface area contributed by atoms with E-state index in [0.717, 1.165) is 23.4 Å². The quantitative estimate of drug-likeness (QED) is 0.424. The maximum Gasteiger partial charge on any atom is 0.0870 e. The van der Waals surface area contributed by atoms with E-state index in [9.17, 15) is 0 Å². The molecule has 1 aromatic carbocycles. The number of hydrogen-bond donors (Lipinski definition) is 0. The molecule has 0 fully saturated rings. The maximum atomic E-state index is 6.38. The maximum absolute atomic E-state index is 6.38. The molecule has 0 aliphatic carbocycles. The molecule has 126 valence electrons. The van der Waals surface area contributed by atoms with Gasteiger partial charge in [-0.25, -0.2) is 4.68 Å². The highest BCUT2D eigenvalue weighted by atomic mass is 35.5. The lowest BCUT2D eigenvalue weighted by atomic mass is 10.2. The van der Waals surface area contributed by atoms with Gasteiger partial charge in [-0.2, -0.15) is 5.10 Å². The molecular formula is C19H20Cl2N2S. The van der Waals surface area contributed by atoms with E-state index in [1.165, 1.54) is 29.0 Å². The van der Waals surface area contributed by atoms with E-state index in [1.54, 1.807) is 6.07 Å². The number of thiophene rings is 1. The zero-order valence-electron chi connectivity index (χ0n) is 13.9. The van der Waals surface area contributed by atoms with Gasteiger partial charge in [0, 0.05) is 9.90 Å². The molecule has 0 saturated heterocycles. The van der Waals surface area contributed by atoms with Crippen LogP contribution in [0.2, 0.25) is 10.0 Å². The van der Waals surface area contributed by atoms with Crippen LogP contribution < -0.4 is 0 Å². The van der Waals surface area contributed by atoms with E-state index in [-0.39, 0.29) is 0 Å². The second kappa shape index (κ2) is 7.73. The Morgan fingerprint density at radius 1 is 1.12 bits per heavy atom. The van der Waals surface area contributed by atoms with E-state index in [4.69, 9.17) is 23.2 Å². The Balaban J connectivity index is 1.96. The molecule has 0 radical (unpaired) electrons. The van der Waals surface area contributed by atoms with Gasteiger partial charge in [-0.15, -0.1) is 11.3 Å². The van der Waals surface area contributed by atoms with Crippen LogP contribution in [0.5, 0.6) is 0 Å². The lowest BCUT2D eigenvalue weighted by Gasteiger charge is -2.09. The average Bonchev–Trinajstić information content (AvgIpc) is 3.14. The lowest BCUT2D eigenvalue weighted by molar-refractivity contribution is 0.722. The van der Waals surface area contributed by atoms with Gasteiger partial charge in [0.05, 0.1) is 27.5 Å². The van der Waals surface area contributed by atoms with E-state index < -0.39 is 0 Å². The molecule has 24 heavy (non-hydrogen) atoms. The van der Waals surface area contributed by atoms with E-state index in [0.29, 0.717) is 10.0 Å². The minimum atomic E-state index is 0.603. The van der Waals surface area contributed by atoms with Crippen molar-refractivity contribution in [2.24, 2.45) is 0 Å². The van der Waals surface area contributed by atoms with Crippen LogP contribution in [0, 0.1) is 6.92 Å². The minimum absolute atomic E-state index is 0.603. The molecule has 0 saturated carbocycles. The Hall–Kier alpha value is -1.29. The van der Waals surface area contributed by atoms with Crippen molar-refractivity contribution in [3.8, 4) is 16.3 Å². The van der Waals surface area contributed by atoms with Gasteiger partial charge in [0.25, 0.3) is 0 Å². The number of halogens is 2. The minimum Gasteiger partial charge on any atom is -0.230 e. The molecule has 0 aliphatic rings. The molecule has 0 N–H and O–H groups in total. The summed E-state index contributed by atoms with van der Waals surface area (Å²) in [5.74, 6) is 0. The van der Waals surface area contributed by atoms with Crippen molar-refractivity contribution in [3.63, 3.8) is 0 Å². The molecule has 0 amide bonds. The van der Waals surface area contributed by atoms with Gasteiger partial charge in [-0.3, -0.25) is 0 Å². The molecule has 2 heterocycles. The summed E-state index contributed by atoms with van der Waals surface area (Å²) in [7, 11) is 0. The number of aryl methyl sites for hydroxylation is 2. The molecule has 0 unspecified atom stereocenters. The molecule has 0 atom stereocenters. The SMILES string of the molecule is CCCCCc1ccc(-c2c(C)cnn2-c2ccc(Cl)cc2Cl)s1. The van der Waals surface area contributed by atoms with Gasteiger partial charge in [-0.1, -0.05) is 43.0 Å². The number of rotatable bonds is 6. The molecule has 0 bridgehead atoms. The summed E-state index contributed by atoms with van der Waals surface area (Å²) in [5, 5.41) is 5.76. The van der Waals surface area contributed by atoms with Gasteiger partial charge in [0.1, 0.15) is 0 Å². The number of unbranched alkanes of at least 4 members (excludes halogenated alkanes) is 2. The summed E-state index contributed by atoms with van der Waals surface area (Å²) in [6.45, 7) is 4.32. The third-order valence-corrected chi connectivity index (χ3v) is 5.70. The smallest absolute Gasteiger partial charge is 0.0870 e. The molecule has 3 rings (SSSR count). The van der Waals surface area contributed by atoms with Crippen molar-refractivity contribution >= 4 is 34.5 Å². The van der Waals surface area contributed by atoms with E-state index >= 15 is 0 Å². The predicted molar refractivity (Wildman–Crippen MR) is 105 cm³/mol. The van der Waals surface area contributed by atoms with Crippen LogP contribution in [0.15, 0.2) is 36.5 Å². The van der Waals surface area contributed by atoms with Crippen molar-refractivity contribution in [2.45, 2.75) is 39.5 Å². The first-order valence-corrected chi connectivity index (χ1v) is 9.76. The number of nitrogens with zero attached hydrogens (tertiary/aromatic N) is 2. The second-order valence-electron chi connectivity index (χ2n) is 5.91. The predicted octanol–water partition coefficient (Wildman–Crippen LogP) is 6.95. The molecule has 0 aliphatic heterocycles. The Morgan fingerprint density at radius 3 is 2.71 bits per heavy atom. The van der Waals surface area contributed by atoms with Crippen LogP contribution in [0.3, 0.4) is 0 Å². The van der Waals surface area contributed by atoms with Crippen LogP contribution in [-0.2, 0) is 6.42 Å². The summed E-state index contributed by atoms with van der Waals surface area (Å²) < 4.78 is 1.91. The zero-order valence-corrected chi connectivity index (χ0v) is 16.2. The summed E-state index contributed by atoms with van der Waals surface area (Å²) in [5.41, 5.74) is 3.10. The number of aromatic nitrogens is 2. The summed E-state index contributed by atoms with van der Waals surface area (Å²) in [6, 6.07) is 9.93. The van der Waals surface area contributed by atoms with Crippen LogP contribution in [0.1, 0.15) is 36.6 Å². The third-order valence-electron chi connectivity index (χ3n) is 4.01. The van der Waals surface area contributed by atoms with Gasteiger partial charge in [0.2, 0.25) is 0 Å². The van der Waals surface area contributed by atoms with Gasteiger partial charge < -0.3 is 0 Å². The molecule has 5 heteroatoms. The highest BCUT2D eigenvalue weighted by Gasteiger charge is 2.16. The second-order valence-corrected chi connectivity index (χ2v) is 7.92. The monoisotopic (exact) mass is 378 g/mol. The van der Waals surface area contributed by atoms with Crippen LogP contribution >= 0.6 is 34.5 Å². The van der Waals surface area contributed by atoms with Gasteiger partial charge in [-0.05, 0) is 55.7 Å². The summed E-state index contributed by atoms with van der Waals surface area (Å²) >= 11 is 14.2. The van der Waals surface area contributed by atoms with E-state index in [2.05, 4.69) is 31.1 Å². The van der Waals surface area contributed by atoms with Crippen molar-refractivity contribution < 1.29 is 0 Å². The lowest BCUT2D eigenvalue weighted by Crippen LogP contribution is -1.99. The first-order chi connectivity index (χ1) is 11.6. The Labute approximate surface area is 157 Å². The first-order valence-electron chi connectivity index (χ1n) is 8.19. The summed E-state index contributed by atoms with van der Waals surface area (Å²) in [6.07, 6.45) is 6.81. The van der Waals surface area contributed by atoms with Crippen molar-refractivity contribution in [1.82, 2.24) is 9.78 Å². The van der Waals surface area contributed by atoms with Gasteiger partial charge >= 0.3 is 0 Å². The number of benzene rings is 1. The first kappa shape index (κ1) is 17.5. The Kier molecular flexibility index (Phi) is 5.65. The normalized spacial score (nSPS) is 11.2. The van der Waals surface area contributed by atoms with E-state index in [1.807, 2.05) is 34.3 Å². The molecule has 3 aromatic rings. The highest BCUT2D eigenvalue weighted by molar-refractivity contribution is 7.15. The topological polar surface area (TPSA) is 17.8 Å². The van der Waals surface area contributed by atoms with Crippen molar-refractivity contribution in [2.75, 3.05) is 0 Å². The fourth-order valence-electron chi connectivity index (χ4n) is 2.75. The average molecular weight is 379 g/mol. The zero-order chi connectivity index (χ0) is 17.1. The Morgan fingerprint density at radius 2 is 1.96 bits per heavy atom. The van der Waals surface area contributed by atoms with Crippen molar-refractivity contribution in [3.05, 3.63) is 57.0 Å². The van der Waals surface area contributed by atoms with Crippen LogP contribution in [-0.4, -0.2) is 9.78 Å². The largest absolute Gasteiger partial charge is 0.230 e. The molecular weight excluding hydrogens is 359 g/mol. The van der Waals surface area contributed by atoms with Crippen LogP contribution in [0.25, 0.3) is 16.3 Å². The fraction of sp³-hybridized carbons (Fsp3) is 0.316. The van der Waals surface area contributed by atoms with Crippen molar-refractivity contribution in [1.29, 1.82) is 0 Å². The summed E-state index contributed by atoms with van der Waals surface area (Å²) in [4.78, 5) is 2.65. The molecule has 2 nitrogen and oxygen atoms in total. The van der Waals surface area contributed by atoms with Crippen LogP contribution in [0.4, 0.5) is 0 Å². The molecule has 0 spiro atoms. The number of hydrogen-bond acceptors (Lipinski definition) is 2. The standard InChI is InChI=1S/C19H20Cl2N2S/c1-3-4-5-6-15-8-10-18(24-15)19-13(2)12-22-23(19)17-9-7-14(20)11-16(17)21/h7-12H,3-6H2,1-2H3. The molecule has 2 aromatic heterocycles. The Bertz CT molecular complexity index is 836. The fourth-order valence-corrected chi connectivity index (χ4v) is 4.39. The van der Waals surface area contributed by atoms with Gasteiger partial charge in [0.15, 0.2) is 0 Å².